The molecule has 2 aromatic rings. The molecule has 2 aromatic carbocycles. The van der Waals surface area contributed by atoms with E-state index >= 15 is 0 Å². The first-order chi connectivity index (χ1) is 9.22. The molecule has 100 valence electrons. The van der Waals surface area contributed by atoms with Crippen molar-refractivity contribution < 1.29 is 8.78 Å². The number of halogens is 2. The van der Waals surface area contributed by atoms with Gasteiger partial charge in [-0.15, -0.1) is 0 Å². The van der Waals surface area contributed by atoms with E-state index in [0.717, 1.165) is 18.5 Å². The average Bonchev–Trinajstić information content (AvgIpc) is 2.39. The van der Waals surface area contributed by atoms with E-state index in [1.54, 1.807) is 6.07 Å². The number of rotatable bonds is 5. The molecule has 0 radical (unpaired) electrons. The van der Waals surface area contributed by atoms with Gasteiger partial charge in [0.2, 0.25) is 0 Å². The predicted octanol–water partition coefficient (Wildman–Crippen LogP) is 4.13. The van der Waals surface area contributed by atoms with Gasteiger partial charge in [-0.2, -0.15) is 0 Å². The van der Waals surface area contributed by atoms with Crippen molar-refractivity contribution in [2.45, 2.75) is 19.9 Å². The van der Waals surface area contributed by atoms with Gasteiger partial charge in [0.25, 0.3) is 0 Å². The molecule has 0 unspecified atom stereocenters. The topological polar surface area (TPSA) is 12.0 Å². The van der Waals surface area contributed by atoms with Crippen LogP contribution in [0, 0.1) is 11.6 Å². The first-order valence-corrected chi connectivity index (χ1v) is 6.46. The van der Waals surface area contributed by atoms with E-state index in [1.165, 1.54) is 18.2 Å². The van der Waals surface area contributed by atoms with Gasteiger partial charge in [0.05, 0.1) is 5.56 Å². The zero-order chi connectivity index (χ0) is 13.7. The molecule has 1 N–H and O–H groups in total. The molecule has 0 atom stereocenters. The van der Waals surface area contributed by atoms with E-state index in [4.69, 9.17) is 0 Å². The standard InChI is InChI=1S/C16H17F2N/c1-2-9-19-11-12-5-3-6-13(10-12)16-14(17)7-4-8-15(16)18/h3-8,10,19H,2,9,11H2,1H3. The van der Waals surface area contributed by atoms with E-state index in [0.29, 0.717) is 12.1 Å². The van der Waals surface area contributed by atoms with Crippen LogP contribution in [0.15, 0.2) is 42.5 Å². The highest BCUT2D eigenvalue weighted by Gasteiger charge is 2.10. The van der Waals surface area contributed by atoms with Gasteiger partial charge in [0.15, 0.2) is 0 Å². The molecule has 0 saturated carbocycles. The zero-order valence-corrected chi connectivity index (χ0v) is 10.9. The molecule has 0 amide bonds. The minimum Gasteiger partial charge on any atom is -0.313 e. The number of benzene rings is 2. The number of hydrogen-bond acceptors (Lipinski definition) is 1. The van der Waals surface area contributed by atoms with Crippen molar-refractivity contribution in [2.75, 3.05) is 6.54 Å². The lowest BCUT2D eigenvalue weighted by molar-refractivity contribution is 0.589. The lowest BCUT2D eigenvalue weighted by atomic mass is 10.0. The Morgan fingerprint density at radius 2 is 1.68 bits per heavy atom. The highest BCUT2D eigenvalue weighted by Crippen LogP contribution is 2.26. The molecule has 0 aliphatic heterocycles. The Kier molecular flexibility index (Phi) is 4.63. The van der Waals surface area contributed by atoms with Crippen LogP contribution in [-0.4, -0.2) is 6.54 Å². The van der Waals surface area contributed by atoms with E-state index in [2.05, 4.69) is 12.2 Å². The van der Waals surface area contributed by atoms with Crippen LogP contribution in [-0.2, 0) is 6.54 Å². The monoisotopic (exact) mass is 261 g/mol. The van der Waals surface area contributed by atoms with Crippen LogP contribution < -0.4 is 5.32 Å². The van der Waals surface area contributed by atoms with Crippen molar-refractivity contribution in [1.82, 2.24) is 5.32 Å². The Labute approximate surface area is 112 Å². The zero-order valence-electron chi connectivity index (χ0n) is 10.9. The fraction of sp³-hybridized carbons (Fsp3) is 0.250. The van der Waals surface area contributed by atoms with Crippen LogP contribution in [0.5, 0.6) is 0 Å². The predicted molar refractivity (Wildman–Crippen MR) is 73.8 cm³/mol. The van der Waals surface area contributed by atoms with E-state index in [1.807, 2.05) is 18.2 Å². The molecule has 0 saturated heterocycles. The van der Waals surface area contributed by atoms with Gasteiger partial charge in [-0.25, -0.2) is 8.78 Å². The lowest BCUT2D eigenvalue weighted by Crippen LogP contribution is -2.13. The first kappa shape index (κ1) is 13.7. The molecule has 0 spiro atoms. The summed E-state index contributed by atoms with van der Waals surface area (Å²) >= 11 is 0. The summed E-state index contributed by atoms with van der Waals surface area (Å²) in [6, 6.07) is 11.3. The molecule has 0 fully saturated rings. The van der Waals surface area contributed by atoms with Crippen LogP contribution in [0.4, 0.5) is 8.78 Å². The summed E-state index contributed by atoms with van der Waals surface area (Å²) in [6.45, 7) is 3.73. The van der Waals surface area contributed by atoms with Crippen LogP contribution in [0.25, 0.3) is 11.1 Å². The van der Waals surface area contributed by atoms with E-state index < -0.39 is 11.6 Å². The van der Waals surface area contributed by atoms with Crippen LogP contribution in [0.1, 0.15) is 18.9 Å². The number of nitrogens with one attached hydrogen (secondary N) is 1. The highest BCUT2D eigenvalue weighted by molar-refractivity contribution is 5.65. The molecule has 0 aliphatic rings. The van der Waals surface area contributed by atoms with Gasteiger partial charge < -0.3 is 5.32 Å². The maximum Gasteiger partial charge on any atom is 0.133 e. The summed E-state index contributed by atoms with van der Waals surface area (Å²) in [6.07, 6.45) is 1.06. The fourth-order valence-corrected chi connectivity index (χ4v) is 2.02. The van der Waals surface area contributed by atoms with Crippen molar-refractivity contribution in [1.29, 1.82) is 0 Å². The van der Waals surface area contributed by atoms with Gasteiger partial charge in [-0.1, -0.05) is 31.2 Å². The normalized spacial score (nSPS) is 10.7. The molecule has 2 rings (SSSR count). The van der Waals surface area contributed by atoms with Crippen molar-refractivity contribution in [3.05, 3.63) is 59.7 Å². The molecule has 0 bridgehead atoms. The third kappa shape index (κ3) is 3.38. The Morgan fingerprint density at radius 3 is 2.37 bits per heavy atom. The average molecular weight is 261 g/mol. The molecule has 3 heteroatoms. The van der Waals surface area contributed by atoms with Crippen LogP contribution in [0.2, 0.25) is 0 Å². The fourth-order valence-electron chi connectivity index (χ4n) is 2.02. The lowest BCUT2D eigenvalue weighted by Gasteiger charge is -2.08. The van der Waals surface area contributed by atoms with Crippen molar-refractivity contribution in [2.24, 2.45) is 0 Å². The third-order valence-corrected chi connectivity index (χ3v) is 2.93. The number of hydrogen-bond donors (Lipinski definition) is 1. The molecule has 0 aromatic heterocycles. The van der Waals surface area contributed by atoms with Crippen molar-refractivity contribution in [3.63, 3.8) is 0 Å². The van der Waals surface area contributed by atoms with E-state index in [-0.39, 0.29) is 5.56 Å². The van der Waals surface area contributed by atoms with Gasteiger partial charge in [0, 0.05) is 6.54 Å². The highest BCUT2D eigenvalue weighted by atomic mass is 19.1. The van der Waals surface area contributed by atoms with E-state index in [9.17, 15) is 8.78 Å². The Morgan fingerprint density at radius 1 is 1.00 bits per heavy atom. The smallest absolute Gasteiger partial charge is 0.133 e. The van der Waals surface area contributed by atoms with Crippen molar-refractivity contribution in [3.8, 4) is 11.1 Å². The summed E-state index contributed by atoms with van der Waals surface area (Å²) in [5, 5.41) is 3.27. The second kappa shape index (κ2) is 6.43. The quantitative estimate of drug-likeness (QED) is 0.798. The molecular weight excluding hydrogens is 244 g/mol. The van der Waals surface area contributed by atoms with Gasteiger partial charge in [0.1, 0.15) is 11.6 Å². The van der Waals surface area contributed by atoms with Gasteiger partial charge >= 0.3 is 0 Å². The largest absolute Gasteiger partial charge is 0.313 e. The van der Waals surface area contributed by atoms with Crippen LogP contribution >= 0.6 is 0 Å². The summed E-state index contributed by atoms with van der Waals surface area (Å²) in [5.41, 5.74) is 1.64. The van der Waals surface area contributed by atoms with Gasteiger partial charge in [-0.05, 0) is 42.3 Å². The molecule has 0 heterocycles. The summed E-state index contributed by atoms with van der Waals surface area (Å²) in [4.78, 5) is 0. The van der Waals surface area contributed by atoms with Crippen molar-refractivity contribution >= 4 is 0 Å². The van der Waals surface area contributed by atoms with Crippen LogP contribution in [0.3, 0.4) is 0 Å². The first-order valence-electron chi connectivity index (χ1n) is 6.46. The molecule has 1 nitrogen and oxygen atoms in total. The molecule has 19 heavy (non-hydrogen) atoms. The Hall–Kier alpha value is -1.74. The Balaban J connectivity index is 2.28. The van der Waals surface area contributed by atoms with Gasteiger partial charge in [-0.3, -0.25) is 0 Å². The second-order valence-corrected chi connectivity index (χ2v) is 4.47. The Bertz CT molecular complexity index is 532. The minimum atomic E-state index is -0.529. The molecule has 0 aliphatic carbocycles. The summed E-state index contributed by atoms with van der Waals surface area (Å²) < 4.78 is 27.4. The second-order valence-electron chi connectivity index (χ2n) is 4.47. The maximum atomic E-state index is 13.7. The summed E-state index contributed by atoms with van der Waals surface area (Å²) in [5.74, 6) is -1.06. The SMILES string of the molecule is CCCNCc1cccc(-c2c(F)cccc2F)c1. The maximum absolute atomic E-state index is 13.7. The minimum absolute atomic E-state index is 0.0415. The third-order valence-electron chi connectivity index (χ3n) is 2.93. The summed E-state index contributed by atoms with van der Waals surface area (Å²) in [7, 11) is 0. The molecular formula is C16H17F2N.